The van der Waals surface area contributed by atoms with Crippen molar-refractivity contribution in [2.45, 2.75) is 128 Å². The summed E-state index contributed by atoms with van der Waals surface area (Å²) in [6, 6.07) is 16.6. The number of nitriles is 3. The molecule has 1 atom stereocenters. The Morgan fingerprint density at radius 3 is 1.31 bits per heavy atom. The molecule has 14 heterocycles. The Kier molecular flexibility index (Phi) is 27.1. The van der Waals surface area contributed by atoms with Gasteiger partial charge in [0.15, 0.2) is 18.9 Å². The van der Waals surface area contributed by atoms with Crippen LogP contribution in [-0.4, -0.2) is 264 Å². The first-order valence-electron chi connectivity index (χ1n) is 39.9. The number of aldehydes is 3. The van der Waals surface area contributed by atoms with E-state index in [0.29, 0.717) is 204 Å². The number of pyridine rings is 6. The molecule has 9 aliphatic rings. The van der Waals surface area contributed by atoms with Gasteiger partial charge in [0.05, 0.1) is 35.8 Å². The summed E-state index contributed by atoms with van der Waals surface area (Å²) in [5, 5.41) is 36.7. The average molecular weight is 1580 g/mol. The summed E-state index contributed by atoms with van der Waals surface area (Å²) in [5.41, 5.74) is 9.36. The molecule has 1 saturated carbocycles. The van der Waals surface area contributed by atoms with Crippen LogP contribution in [0.1, 0.15) is 156 Å². The number of aryl methyl sites for hydroxylation is 5. The number of piperazine rings is 3. The summed E-state index contributed by atoms with van der Waals surface area (Å²) >= 11 is 0. The molecule has 15 rings (SSSR count). The first-order chi connectivity index (χ1) is 56.4. The molecule has 0 aromatic carbocycles. The molecule has 33 heteroatoms. The van der Waals surface area contributed by atoms with Crippen LogP contribution in [0, 0.1) is 39.9 Å². The standard InChI is InChI=1S/C29H36N8O4.C28H33N7O4.C26H29N7O3/c1-34-16-24(17-34)35-8-9-36(27(39)18-35)15-22-11-21-5-3-7-37(28(21)32-25(22)19-38)29(40)33-26-12-20(6-4-10-41-2)23(13-30)14-31-26;1-39-12-4-6-19-14-25(30-16-22(19)15-29)32-28(38)35-9-2-5-20-13-21(23(18-36)31-26(20)35)17-34-11-10-33-8-3-7-24(33)27(34)37;1-31-7-8-32(24(35)15-31)14-20-10-18-3-2-6-33(25(18)29-22(20)16-34)26(36)30-23-11-19(9-17-4-5-17)21(12-27)13-28-23/h11-12,14,19,24H,3-10,15-18H2,1-2H3,(H,31,33,40);13-14,16,18,24H,2-12,17H2,1H3,(H,30,32,38);10-11,13,16-17H,2-9,14-15H2,1H3,(H,28,30,36). The lowest BCUT2D eigenvalue weighted by atomic mass is 10.0. The van der Waals surface area contributed by atoms with Gasteiger partial charge in [0.2, 0.25) is 17.7 Å². The zero-order valence-electron chi connectivity index (χ0n) is 66.2. The van der Waals surface area contributed by atoms with Crippen LogP contribution in [0.15, 0.2) is 55.0 Å². The van der Waals surface area contributed by atoms with Gasteiger partial charge in [-0.2, -0.15) is 15.8 Å². The van der Waals surface area contributed by atoms with Gasteiger partial charge in [0, 0.05) is 160 Å². The number of hydrogen-bond donors (Lipinski definition) is 3. The van der Waals surface area contributed by atoms with Gasteiger partial charge in [-0.15, -0.1) is 0 Å². The Morgan fingerprint density at radius 2 is 0.897 bits per heavy atom. The van der Waals surface area contributed by atoms with Gasteiger partial charge in [-0.05, 0) is 193 Å². The maximum absolute atomic E-state index is 13.3. The quantitative estimate of drug-likeness (QED) is 0.0450. The molecule has 0 spiro atoms. The largest absolute Gasteiger partial charge is 0.385 e. The van der Waals surface area contributed by atoms with Crippen molar-refractivity contribution < 1.29 is 52.6 Å². The Morgan fingerprint density at radius 1 is 0.483 bits per heavy atom. The van der Waals surface area contributed by atoms with Gasteiger partial charge in [0.25, 0.3) is 0 Å². The lowest BCUT2D eigenvalue weighted by Gasteiger charge is -2.46. The third-order valence-corrected chi connectivity index (χ3v) is 22.8. The van der Waals surface area contributed by atoms with E-state index in [1.807, 2.05) is 35.0 Å². The number of hydrogen-bond acceptors (Lipinski definition) is 24. The summed E-state index contributed by atoms with van der Waals surface area (Å²) < 4.78 is 10.2. The molecule has 606 valence electrons. The second kappa shape index (κ2) is 38.2. The number of nitrogens with one attached hydrogen (secondary N) is 3. The number of rotatable bonds is 23. The number of anilines is 6. The molecule has 33 nitrogen and oxygen atoms in total. The van der Waals surface area contributed by atoms with Crippen molar-refractivity contribution in [1.82, 2.24) is 64.2 Å². The normalized spacial score (nSPS) is 18.3. The number of amides is 9. The van der Waals surface area contributed by atoms with E-state index >= 15 is 0 Å². The van der Waals surface area contributed by atoms with Crippen LogP contribution in [-0.2, 0) is 82.0 Å². The molecule has 8 aliphatic heterocycles. The van der Waals surface area contributed by atoms with Crippen LogP contribution < -0.4 is 30.7 Å². The molecule has 1 aliphatic carbocycles. The second-order valence-electron chi connectivity index (χ2n) is 31.0. The van der Waals surface area contributed by atoms with E-state index in [9.17, 15) is 58.9 Å². The Hall–Kier alpha value is -11.6. The molecular weight excluding hydrogens is 1480 g/mol. The van der Waals surface area contributed by atoms with Crippen LogP contribution in [0.3, 0.4) is 0 Å². The molecule has 6 aromatic rings. The molecular formula is C83H98N22O11. The van der Waals surface area contributed by atoms with Crippen LogP contribution in [0.5, 0.6) is 0 Å². The number of carbonyl (C=O) groups is 9. The van der Waals surface area contributed by atoms with Crippen molar-refractivity contribution in [3.8, 4) is 18.2 Å². The van der Waals surface area contributed by atoms with E-state index in [0.717, 1.165) is 150 Å². The molecule has 5 saturated heterocycles. The fraction of sp³-hybridized carbons (Fsp3) is 0.494. The smallest absolute Gasteiger partial charge is 0.328 e. The lowest BCUT2D eigenvalue weighted by Crippen LogP contribution is -2.63. The van der Waals surface area contributed by atoms with Crippen LogP contribution >= 0.6 is 0 Å². The number of carbonyl (C=O) groups excluding carboxylic acids is 9. The van der Waals surface area contributed by atoms with Crippen molar-refractivity contribution in [2.75, 3.05) is 164 Å². The molecule has 0 radical (unpaired) electrons. The van der Waals surface area contributed by atoms with E-state index < -0.39 is 12.1 Å². The van der Waals surface area contributed by atoms with E-state index in [1.165, 1.54) is 33.3 Å². The maximum Gasteiger partial charge on any atom is 0.328 e. The lowest BCUT2D eigenvalue weighted by molar-refractivity contribution is -0.141. The van der Waals surface area contributed by atoms with Crippen molar-refractivity contribution in [3.05, 3.63) is 139 Å². The number of ether oxygens (including phenoxy) is 2. The van der Waals surface area contributed by atoms with Crippen LogP contribution in [0.2, 0.25) is 0 Å². The monoisotopic (exact) mass is 1580 g/mol. The number of methoxy groups -OCH3 is 2. The predicted molar refractivity (Wildman–Crippen MR) is 428 cm³/mol. The van der Waals surface area contributed by atoms with Gasteiger partial charge < -0.3 is 29.1 Å². The van der Waals surface area contributed by atoms with E-state index in [2.05, 4.69) is 85.8 Å². The SMILES string of the molecule is CN1CCN(Cc2cc3c(nc2C=O)N(C(=O)Nc2cc(CC4CC4)c(C#N)cn2)CCC3)C(=O)C1.COCCCc1cc(NC(=O)N2CCCc3cc(CN4CCN(C5CN(C)C5)CC4=O)c(C=O)nc32)ncc1C#N.COCCCc1cc(NC(=O)N2CCCc3cc(CN4CCN5CCCC5C4=O)c(C=O)nc32)ncc1C#N. The third-order valence-electron chi connectivity index (χ3n) is 22.8. The first-order valence-corrected chi connectivity index (χ1v) is 39.9. The summed E-state index contributed by atoms with van der Waals surface area (Å²) in [4.78, 5) is 160. The van der Waals surface area contributed by atoms with Crippen LogP contribution in [0.4, 0.5) is 49.3 Å². The third kappa shape index (κ3) is 19.6. The minimum Gasteiger partial charge on any atom is -0.385 e. The van der Waals surface area contributed by atoms with Gasteiger partial charge in [0.1, 0.15) is 70.2 Å². The maximum atomic E-state index is 13.3. The van der Waals surface area contributed by atoms with Gasteiger partial charge in [-0.25, -0.2) is 44.3 Å². The minimum atomic E-state index is -0.406. The highest BCUT2D eigenvalue weighted by molar-refractivity contribution is 6.04. The fourth-order valence-electron chi connectivity index (χ4n) is 16.3. The first kappa shape index (κ1) is 82.3. The topological polar surface area (TPSA) is 389 Å². The highest BCUT2D eigenvalue weighted by atomic mass is 16.5. The van der Waals surface area contributed by atoms with Crippen molar-refractivity contribution >= 4 is 89.6 Å². The number of likely N-dealkylation sites (tertiary alicyclic amines) is 1. The minimum absolute atomic E-state index is 0.0234. The van der Waals surface area contributed by atoms with Gasteiger partial charge >= 0.3 is 18.1 Å². The predicted octanol–water partition coefficient (Wildman–Crippen LogP) is 6.59. The highest BCUT2D eigenvalue weighted by Crippen LogP contribution is 2.36. The number of likely N-dealkylation sites (N-methyl/N-ethyl adjacent to an activating group) is 2. The average Bonchev–Trinajstić information content (AvgIpc) is 1.07. The molecule has 3 N–H and O–H groups in total. The van der Waals surface area contributed by atoms with E-state index in [-0.39, 0.29) is 46.9 Å². The summed E-state index contributed by atoms with van der Waals surface area (Å²) in [6.45, 7) is 11.4. The molecule has 1 unspecified atom stereocenters. The molecule has 0 bridgehead atoms. The summed E-state index contributed by atoms with van der Waals surface area (Å²) in [5.74, 6) is 3.22. The second-order valence-corrected chi connectivity index (χ2v) is 31.0. The number of urea groups is 3. The molecule has 6 fully saturated rings. The summed E-state index contributed by atoms with van der Waals surface area (Å²) in [7, 11) is 7.24. The molecule has 9 amide bonds. The zero-order chi connectivity index (χ0) is 81.5. The summed E-state index contributed by atoms with van der Waals surface area (Å²) in [6.07, 6.45) is 18.7. The Labute approximate surface area is 673 Å². The number of fused-ring (bicyclic) bond motifs is 4. The van der Waals surface area contributed by atoms with E-state index in [1.54, 1.807) is 42.2 Å². The highest BCUT2D eigenvalue weighted by Gasteiger charge is 2.40. The van der Waals surface area contributed by atoms with Crippen molar-refractivity contribution in [3.63, 3.8) is 0 Å². The van der Waals surface area contributed by atoms with Crippen molar-refractivity contribution in [2.24, 2.45) is 5.92 Å². The van der Waals surface area contributed by atoms with E-state index in [4.69, 9.17) is 9.47 Å². The Bertz CT molecular complexity index is 4860. The van der Waals surface area contributed by atoms with Crippen LogP contribution in [0.25, 0.3) is 0 Å². The number of nitrogens with zero attached hydrogens (tertiary/aromatic N) is 19. The Balaban J connectivity index is 0.000000152. The zero-order valence-corrected chi connectivity index (χ0v) is 66.2. The molecule has 116 heavy (non-hydrogen) atoms. The van der Waals surface area contributed by atoms with Crippen molar-refractivity contribution in [1.29, 1.82) is 15.8 Å². The number of aromatic nitrogens is 6. The van der Waals surface area contributed by atoms with Gasteiger partial charge in [-0.1, -0.05) is 0 Å². The fourth-order valence-corrected chi connectivity index (χ4v) is 16.3. The molecule has 6 aromatic heterocycles. The van der Waals surface area contributed by atoms with Gasteiger partial charge in [-0.3, -0.25) is 74.1 Å².